The molecule has 0 amide bonds. The molecule has 3 rings (SSSR count). The molecule has 0 saturated heterocycles. The van der Waals surface area contributed by atoms with E-state index in [1.807, 2.05) is 23.1 Å². The van der Waals surface area contributed by atoms with Crippen LogP contribution in [0.1, 0.15) is 16.7 Å². The largest absolute Gasteiger partial charge is 0.417 e. The molecule has 1 nitrogen and oxygen atoms in total. The highest BCUT2D eigenvalue weighted by Gasteiger charge is 2.33. The highest BCUT2D eigenvalue weighted by Crippen LogP contribution is 2.37. The van der Waals surface area contributed by atoms with Gasteiger partial charge in [-0.25, -0.2) is 0 Å². The molecule has 0 atom stereocenters. The predicted octanol–water partition coefficient (Wildman–Crippen LogP) is 5.57. The van der Waals surface area contributed by atoms with Crippen LogP contribution in [-0.4, -0.2) is 6.54 Å². The first-order chi connectivity index (χ1) is 10.3. The van der Waals surface area contributed by atoms with Gasteiger partial charge in [0.15, 0.2) is 0 Å². The maximum atomic E-state index is 12.8. The van der Waals surface area contributed by atoms with Crippen LogP contribution in [0.2, 0.25) is 10.0 Å². The van der Waals surface area contributed by atoms with E-state index in [4.69, 9.17) is 23.2 Å². The Hall–Kier alpha value is -1.39. The lowest BCUT2D eigenvalue weighted by atomic mass is 9.99. The molecule has 0 unspecified atom stereocenters. The van der Waals surface area contributed by atoms with Gasteiger partial charge in [0.05, 0.1) is 10.6 Å². The maximum absolute atomic E-state index is 12.8. The lowest BCUT2D eigenvalue weighted by Gasteiger charge is -2.31. The van der Waals surface area contributed by atoms with Crippen LogP contribution < -0.4 is 4.90 Å². The summed E-state index contributed by atoms with van der Waals surface area (Å²) in [4.78, 5) is 2.00. The monoisotopic (exact) mass is 345 g/mol. The normalized spacial score (nSPS) is 14.9. The van der Waals surface area contributed by atoms with Crippen molar-refractivity contribution in [3.63, 3.8) is 0 Å². The Kier molecular flexibility index (Phi) is 4.00. The smallest absolute Gasteiger partial charge is 0.367 e. The van der Waals surface area contributed by atoms with E-state index in [1.165, 1.54) is 17.7 Å². The van der Waals surface area contributed by atoms with Gasteiger partial charge in [0, 0.05) is 23.8 Å². The van der Waals surface area contributed by atoms with Crippen molar-refractivity contribution in [2.24, 2.45) is 0 Å². The standard InChI is InChI=1S/C16H12Cl2F3N/c17-12-2-1-10-5-6-22(9-11(10)7-12)13-3-4-14(15(18)8-13)16(19,20)21/h1-4,7-8H,5-6,9H2. The quantitative estimate of drug-likeness (QED) is 0.652. The molecule has 0 saturated carbocycles. The summed E-state index contributed by atoms with van der Waals surface area (Å²) >= 11 is 11.8. The highest BCUT2D eigenvalue weighted by molar-refractivity contribution is 6.31. The maximum Gasteiger partial charge on any atom is 0.417 e. The van der Waals surface area contributed by atoms with Crippen LogP contribution in [0.25, 0.3) is 0 Å². The number of halogens is 5. The van der Waals surface area contributed by atoms with Crippen molar-refractivity contribution in [3.05, 3.63) is 63.1 Å². The Morgan fingerprint density at radius 1 is 0.955 bits per heavy atom. The Balaban J connectivity index is 1.88. The van der Waals surface area contributed by atoms with Crippen molar-refractivity contribution in [2.45, 2.75) is 19.1 Å². The third-order valence-corrected chi connectivity index (χ3v) is 4.35. The topological polar surface area (TPSA) is 3.24 Å². The minimum absolute atomic E-state index is 0.276. The van der Waals surface area contributed by atoms with Crippen molar-refractivity contribution in [2.75, 3.05) is 11.4 Å². The number of hydrogen-bond donors (Lipinski definition) is 0. The molecule has 1 aliphatic heterocycles. The summed E-state index contributed by atoms with van der Waals surface area (Å²) in [7, 11) is 0. The van der Waals surface area contributed by atoms with Crippen LogP contribution >= 0.6 is 23.2 Å². The zero-order valence-corrected chi connectivity index (χ0v) is 12.9. The van der Waals surface area contributed by atoms with Crippen LogP contribution in [0, 0.1) is 0 Å². The van der Waals surface area contributed by atoms with Gasteiger partial charge in [-0.1, -0.05) is 29.3 Å². The van der Waals surface area contributed by atoms with E-state index in [1.54, 1.807) is 0 Å². The predicted molar refractivity (Wildman–Crippen MR) is 82.7 cm³/mol. The average molecular weight is 346 g/mol. The van der Waals surface area contributed by atoms with Gasteiger partial charge in [-0.15, -0.1) is 0 Å². The SMILES string of the molecule is FC(F)(F)c1ccc(N2CCc3ccc(Cl)cc3C2)cc1Cl. The van der Waals surface area contributed by atoms with Gasteiger partial charge in [0.1, 0.15) is 0 Å². The van der Waals surface area contributed by atoms with Crippen LogP contribution in [0.3, 0.4) is 0 Å². The second-order valence-corrected chi connectivity index (χ2v) is 6.09. The molecule has 22 heavy (non-hydrogen) atoms. The molecule has 1 aliphatic rings. The zero-order chi connectivity index (χ0) is 15.9. The summed E-state index contributed by atoms with van der Waals surface area (Å²) in [6.07, 6.45) is -3.61. The van der Waals surface area contributed by atoms with Crippen molar-refractivity contribution in [1.29, 1.82) is 0 Å². The molecule has 0 spiro atoms. The Labute approximate surface area is 136 Å². The molecule has 0 N–H and O–H groups in total. The molecule has 6 heteroatoms. The lowest BCUT2D eigenvalue weighted by Crippen LogP contribution is -2.30. The number of benzene rings is 2. The summed E-state index contributed by atoms with van der Waals surface area (Å²) in [5, 5.41) is 0.382. The van der Waals surface area contributed by atoms with E-state index in [2.05, 4.69) is 0 Å². The molecule has 2 aromatic carbocycles. The van der Waals surface area contributed by atoms with Gasteiger partial charge in [0.25, 0.3) is 0 Å². The molecule has 0 fully saturated rings. The summed E-state index contributed by atoms with van der Waals surface area (Å²) < 4.78 is 38.3. The summed E-state index contributed by atoms with van der Waals surface area (Å²) in [5.41, 5.74) is 2.19. The first-order valence-corrected chi connectivity index (χ1v) is 7.49. The zero-order valence-electron chi connectivity index (χ0n) is 11.4. The molecular formula is C16H12Cl2F3N. The van der Waals surface area contributed by atoms with Crippen molar-refractivity contribution in [3.8, 4) is 0 Å². The molecule has 0 aromatic heterocycles. The molecule has 116 valence electrons. The Morgan fingerprint density at radius 3 is 2.41 bits per heavy atom. The van der Waals surface area contributed by atoms with Gasteiger partial charge in [0.2, 0.25) is 0 Å². The molecule has 0 radical (unpaired) electrons. The first-order valence-electron chi connectivity index (χ1n) is 6.73. The lowest BCUT2D eigenvalue weighted by molar-refractivity contribution is -0.137. The Morgan fingerprint density at radius 2 is 1.73 bits per heavy atom. The number of rotatable bonds is 1. The van der Waals surface area contributed by atoms with E-state index in [0.717, 1.165) is 24.6 Å². The minimum atomic E-state index is -4.43. The average Bonchev–Trinajstić information content (AvgIpc) is 2.45. The third kappa shape index (κ3) is 3.03. The molecule has 2 aromatic rings. The van der Waals surface area contributed by atoms with Crippen LogP contribution in [0.5, 0.6) is 0 Å². The van der Waals surface area contributed by atoms with Gasteiger partial charge in [-0.2, -0.15) is 13.2 Å². The van der Waals surface area contributed by atoms with Gasteiger partial charge in [-0.3, -0.25) is 0 Å². The molecule has 0 bridgehead atoms. The van der Waals surface area contributed by atoms with Crippen LogP contribution in [0.4, 0.5) is 18.9 Å². The number of nitrogens with zero attached hydrogens (tertiary/aromatic N) is 1. The van der Waals surface area contributed by atoms with Gasteiger partial charge >= 0.3 is 6.18 Å². The van der Waals surface area contributed by atoms with Crippen molar-refractivity contribution < 1.29 is 13.2 Å². The number of anilines is 1. The Bertz CT molecular complexity index is 713. The molecule has 1 heterocycles. The summed E-state index contributed by atoms with van der Waals surface area (Å²) in [6, 6.07) is 9.61. The van der Waals surface area contributed by atoms with Crippen LogP contribution in [-0.2, 0) is 19.1 Å². The fraction of sp³-hybridized carbons (Fsp3) is 0.250. The first kappa shape index (κ1) is 15.5. The van der Waals surface area contributed by atoms with E-state index in [9.17, 15) is 13.2 Å². The number of alkyl halides is 3. The second-order valence-electron chi connectivity index (χ2n) is 5.25. The van der Waals surface area contributed by atoms with E-state index in [-0.39, 0.29) is 5.02 Å². The fourth-order valence-corrected chi connectivity index (χ4v) is 3.15. The molecule has 0 aliphatic carbocycles. The minimum Gasteiger partial charge on any atom is -0.367 e. The van der Waals surface area contributed by atoms with E-state index in [0.29, 0.717) is 17.3 Å². The number of hydrogen-bond acceptors (Lipinski definition) is 1. The molecular weight excluding hydrogens is 334 g/mol. The second kappa shape index (κ2) is 5.67. The van der Waals surface area contributed by atoms with Crippen molar-refractivity contribution >= 4 is 28.9 Å². The third-order valence-electron chi connectivity index (χ3n) is 3.80. The van der Waals surface area contributed by atoms with E-state index < -0.39 is 11.7 Å². The van der Waals surface area contributed by atoms with Crippen molar-refractivity contribution in [1.82, 2.24) is 0 Å². The summed E-state index contributed by atoms with van der Waals surface area (Å²) in [6.45, 7) is 1.34. The summed E-state index contributed by atoms with van der Waals surface area (Å²) in [5.74, 6) is 0. The number of fused-ring (bicyclic) bond motifs is 1. The van der Waals surface area contributed by atoms with E-state index >= 15 is 0 Å². The fourth-order valence-electron chi connectivity index (χ4n) is 2.68. The van der Waals surface area contributed by atoms with Gasteiger partial charge in [-0.05, 0) is 47.9 Å². The van der Waals surface area contributed by atoms with Gasteiger partial charge < -0.3 is 4.90 Å². The highest BCUT2D eigenvalue weighted by atomic mass is 35.5. The van der Waals surface area contributed by atoms with Crippen LogP contribution in [0.15, 0.2) is 36.4 Å².